The van der Waals surface area contributed by atoms with Crippen LogP contribution in [0.25, 0.3) is 21.9 Å². The quantitative estimate of drug-likeness (QED) is 0.313. The van der Waals surface area contributed by atoms with Gasteiger partial charge in [0.05, 0.1) is 0 Å². The minimum absolute atomic E-state index is 0. The van der Waals surface area contributed by atoms with Crippen LogP contribution >= 0.6 is 0 Å². The number of aryl methyl sites for hydroxylation is 1. The summed E-state index contributed by atoms with van der Waals surface area (Å²) in [6.45, 7) is 2.27. The Morgan fingerprint density at radius 2 is 1.19 bits per heavy atom. The predicted molar refractivity (Wildman–Crippen MR) is 97.1 cm³/mol. The third-order valence-corrected chi connectivity index (χ3v) is 5.25. The molecule has 1 aliphatic carbocycles. The van der Waals surface area contributed by atoms with E-state index in [0.29, 0.717) is 5.92 Å². The van der Waals surface area contributed by atoms with Gasteiger partial charge in [-0.1, -0.05) is 61.5 Å². The maximum absolute atomic E-state index is 2.38. The zero-order valence-corrected chi connectivity index (χ0v) is 18.3. The van der Waals surface area contributed by atoms with Crippen molar-refractivity contribution in [2.75, 3.05) is 0 Å². The van der Waals surface area contributed by atoms with Gasteiger partial charge in [-0.3, -0.25) is 0 Å². The monoisotopic (exact) mass is 453 g/mol. The van der Waals surface area contributed by atoms with Gasteiger partial charge in [0.25, 0.3) is 0 Å². The first kappa shape index (κ1) is 21.0. The molecule has 0 fully saturated rings. The summed E-state index contributed by atoms with van der Waals surface area (Å²) in [5, 5.41) is 2.73. The van der Waals surface area contributed by atoms with Crippen LogP contribution in [0.1, 0.15) is 28.2 Å². The Kier molecular flexibility index (Phi) is 6.62. The molecule has 1 aliphatic rings. The van der Waals surface area contributed by atoms with Crippen LogP contribution in [-0.4, -0.2) is 0 Å². The van der Waals surface area contributed by atoms with Crippen LogP contribution in [0, 0.1) is 6.92 Å². The van der Waals surface area contributed by atoms with Crippen LogP contribution in [0.15, 0.2) is 78.9 Å². The number of hydrogen-bond acceptors (Lipinski definition) is 0. The maximum atomic E-state index is 2.38. The van der Waals surface area contributed by atoms with E-state index in [2.05, 4.69) is 85.8 Å². The summed E-state index contributed by atoms with van der Waals surface area (Å²) in [4.78, 5) is 0. The predicted octanol–water partition coefficient (Wildman–Crippen LogP) is 0.0332. The fourth-order valence-corrected chi connectivity index (χ4v) is 4.19. The van der Waals surface area contributed by atoms with Gasteiger partial charge in [-0.25, -0.2) is 0 Å². The Morgan fingerprint density at radius 1 is 0.692 bits per heavy atom. The van der Waals surface area contributed by atoms with Gasteiger partial charge in [-0.15, -0.1) is 40.6 Å². The van der Waals surface area contributed by atoms with Crippen molar-refractivity contribution in [1.82, 2.24) is 0 Å². The summed E-state index contributed by atoms with van der Waals surface area (Å²) in [6, 6.07) is 28.8. The molecule has 0 N–H and O–H groups in total. The molecule has 0 heterocycles. The van der Waals surface area contributed by atoms with Crippen molar-refractivity contribution >= 4 is 10.8 Å². The maximum Gasteiger partial charge on any atom is 3.00 e. The fraction of sp³-hybridized carbons (Fsp3) is 0.0870. The zero-order valence-electron chi connectivity index (χ0n) is 14.3. The van der Waals surface area contributed by atoms with Gasteiger partial charge >= 0.3 is 26.2 Å². The third-order valence-electron chi connectivity index (χ3n) is 5.25. The summed E-state index contributed by atoms with van der Waals surface area (Å²) >= 11 is 0. The van der Waals surface area contributed by atoms with E-state index in [-0.39, 0.29) is 51.0 Å². The second-order valence-corrected chi connectivity index (χ2v) is 6.42. The molecule has 3 heteroatoms. The SMILES string of the molecule is Cc1c(C2c3ccccc3-c3ccccc32)[cH-]c2ccccc12.[Cl-].[Cl-].[Zr+3]. The van der Waals surface area contributed by atoms with E-state index in [4.69, 9.17) is 0 Å². The Hall–Kier alpha value is -1.27. The van der Waals surface area contributed by atoms with Gasteiger partial charge < -0.3 is 24.8 Å². The third kappa shape index (κ3) is 3.01. The van der Waals surface area contributed by atoms with Crippen LogP contribution in [0.2, 0.25) is 0 Å². The molecule has 0 aromatic heterocycles. The van der Waals surface area contributed by atoms with E-state index >= 15 is 0 Å². The van der Waals surface area contributed by atoms with Crippen LogP contribution in [0.4, 0.5) is 0 Å². The molecule has 1 radical (unpaired) electrons. The minimum atomic E-state index is 0. The van der Waals surface area contributed by atoms with Crippen molar-refractivity contribution in [1.29, 1.82) is 0 Å². The molecular formula is C23H17Cl2Zr. The number of hydrogen-bond donors (Lipinski definition) is 0. The van der Waals surface area contributed by atoms with Gasteiger partial charge in [-0.2, -0.15) is 5.56 Å². The first-order chi connectivity index (χ1) is 11.3. The van der Waals surface area contributed by atoms with Crippen molar-refractivity contribution in [3.05, 3.63) is 101 Å². The number of halogens is 2. The van der Waals surface area contributed by atoms with E-state index in [1.165, 1.54) is 44.2 Å². The normalized spacial score (nSPS) is 11.7. The smallest absolute Gasteiger partial charge is 1.00 e. The van der Waals surface area contributed by atoms with Crippen molar-refractivity contribution in [3.63, 3.8) is 0 Å². The number of fused-ring (bicyclic) bond motifs is 4. The largest absolute Gasteiger partial charge is 3.00 e. The molecule has 5 rings (SSSR count). The number of benzene rings is 3. The van der Waals surface area contributed by atoms with E-state index in [9.17, 15) is 0 Å². The molecule has 0 amide bonds. The summed E-state index contributed by atoms with van der Waals surface area (Å²) < 4.78 is 0. The minimum Gasteiger partial charge on any atom is -1.00 e. The van der Waals surface area contributed by atoms with Crippen molar-refractivity contribution in [2.24, 2.45) is 0 Å². The molecular weight excluding hydrogens is 438 g/mol. The molecule has 0 nitrogen and oxygen atoms in total. The molecule has 0 unspecified atom stereocenters. The topological polar surface area (TPSA) is 0 Å². The van der Waals surface area contributed by atoms with Gasteiger partial charge in [0, 0.05) is 5.92 Å². The van der Waals surface area contributed by atoms with Crippen LogP contribution in [0.5, 0.6) is 0 Å². The van der Waals surface area contributed by atoms with E-state index < -0.39 is 0 Å². The van der Waals surface area contributed by atoms with E-state index in [1.54, 1.807) is 0 Å². The molecule has 4 aromatic carbocycles. The summed E-state index contributed by atoms with van der Waals surface area (Å²) in [5.74, 6) is 0.356. The van der Waals surface area contributed by atoms with Gasteiger partial charge in [0.1, 0.15) is 0 Å². The molecule has 0 bridgehead atoms. The van der Waals surface area contributed by atoms with Gasteiger partial charge in [0.15, 0.2) is 0 Å². The average molecular weight is 456 g/mol. The first-order valence-corrected chi connectivity index (χ1v) is 8.18. The van der Waals surface area contributed by atoms with Crippen molar-refractivity contribution in [3.8, 4) is 11.1 Å². The molecule has 127 valence electrons. The molecule has 0 saturated carbocycles. The van der Waals surface area contributed by atoms with Crippen molar-refractivity contribution < 1.29 is 51.0 Å². The van der Waals surface area contributed by atoms with Crippen LogP contribution in [0.3, 0.4) is 0 Å². The molecule has 0 atom stereocenters. The van der Waals surface area contributed by atoms with E-state index in [0.717, 1.165) is 0 Å². The second kappa shape index (κ2) is 8.18. The Morgan fingerprint density at radius 3 is 1.77 bits per heavy atom. The van der Waals surface area contributed by atoms with E-state index in [1.807, 2.05) is 0 Å². The summed E-state index contributed by atoms with van der Waals surface area (Å²) in [6.07, 6.45) is 0. The number of rotatable bonds is 1. The molecule has 0 spiro atoms. The average Bonchev–Trinajstić information content (AvgIpc) is 3.11. The molecule has 0 saturated heterocycles. The fourth-order valence-electron chi connectivity index (χ4n) is 4.19. The van der Waals surface area contributed by atoms with Gasteiger partial charge in [-0.05, 0) is 22.3 Å². The molecule has 4 aromatic rings. The first-order valence-electron chi connectivity index (χ1n) is 8.18. The Labute approximate surface area is 185 Å². The van der Waals surface area contributed by atoms with Crippen LogP contribution in [-0.2, 0) is 26.2 Å². The van der Waals surface area contributed by atoms with Gasteiger partial charge in [0.2, 0.25) is 0 Å². The molecule has 26 heavy (non-hydrogen) atoms. The zero-order chi connectivity index (χ0) is 15.4. The second-order valence-electron chi connectivity index (χ2n) is 6.42. The Bertz CT molecular complexity index is 1000. The van der Waals surface area contributed by atoms with Crippen LogP contribution < -0.4 is 24.8 Å². The molecule has 0 aliphatic heterocycles. The standard InChI is InChI=1S/C23H17.2ClH.Zr/c1-15-17-9-3-2-8-16(17)14-22(15)23-20-12-6-4-10-18(20)19-11-5-7-13-21(19)23;;;/h2-14,23H,1H3;2*1H;/q-1;;;+3/p-2. The van der Waals surface area contributed by atoms with Crippen molar-refractivity contribution in [2.45, 2.75) is 12.8 Å². The Balaban J connectivity index is 0.000000810. The summed E-state index contributed by atoms with van der Waals surface area (Å²) in [5.41, 5.74) is 8.51. The summed E-state index contributed by atoms with van der Waals surface area (Å²) in [7, 11) is 0.